The average molecular weight is 398 g/mol. The Morgan fingerprint density at radius 1 is 1.07 bits per heavy atom. The van der Waals surface area contributed by atoms with Gasteiger partial charge in [-0.2, -0.15) is 0 Å². The minimum absolute atomic E-state index is 0.142. The highest BCUT2D eigenvalue weighted by atomic mass is 35.5. The van der Waals surface area contributed by atoms with Crippen molar-refractivity contribution >= 4 is 35.1 Å². The SMILES string of the molecule is O=C1CC(c2ccccc2)c2c(nc(SCc3ccccc3Cl)[nH]c2=O)N1. The molecular weight excluding hydrogens is 382 g/mol. The molecule has 136 valence electrons. The predicted molar refractivity (Wildman–Crippen MR) is 107 cm³/mol. The summed E-state index contributed by atoms with van der Waals surface area (Å²) in [6, 6.07) is 17.1. The van der Waals surface area contributed by atoms with Crippen LogP contribution in [0.3, 0.4) is 0 Å². The summed E-state index contributed by atoms with van der Waals surface area (Å²) in [7, 11) is 0. The highest BCUT2D eigenvalue weighted by Gasteiger charge is 2.30. The van der Waals surface area contributed by atoms with Crippen LogP contribution in [0.1, 0.15) is 29.0 Å². The number of hydrogen-bond donors (Lipinski definition) is 2. The fourth-order valence-electron chi connectivity index (χ4n) is 3.15. The van der Waals surface area contributed by atoms with Gasteiger partial charge in [0.05, 0.1) is 5.56 Å². The lowest BCUT2D eigenvalue weighted by Crippen LogP contribution is -2.31. The van der Waals surface area contributed by atoms with Gasteiger partial charge in [-0.05, 0) is 17.2 Å². The number of amides is 1. The van der Waals surface area contributed by atoms with Crippen LogP contribution in [-0.4, -0.2) is 15.9 Å². The molecule has 3 aromatic rings. The maximum absolute atomic E-state index is 12.8. The van der Waals surface area contributed by atoms with Gasteiger partial charge in [0.2, 0.25) is 5.91 Å². The first-order chi connectivity index (χ1) is 13.1. The third-order valence-corrected chi connectivity index (χ3v) is 5.74. The van der Waals surface area contributed by atoms with E-state index in [1.54, 1.807) is 0 Å². The largest absolute Gasteiger partial charge is 0.310 e. The number of nitrogens with one attached hydrogen (secondary N) is 2. The number of aromatic amines is 1. The minimum Gasteiger partial charge on any atom is -0.310 e. The second-order valence-electron chi connectivity index (χ2n) is 6.23. The van der Waals surface area contributed by atoms with E-state index in [0.717, 1.165) is 11.1 Å². The summed E-state index contributed by atoms with van der Waals surface area (Å²) in [5.74, 6) is 0.466. The molecule has 0 aliphatic carbocycles. The fraction of sp³-hybridized carbons (Fsp3) is 0.150. The molecule has 0 bridgehead atoms. The number of H-pyrrole nitrogens is 1. The van der Waals surface area contributed by atoms with Crippen molar-refractivity contribution in [3.63, 3.8) is 0 Å². The number of anilines is 1. The van der Waals surface area contributed by atoms with Gasteiger partial charge in [0.25, 0.3) is 5.56 Å². The summed E-state index contributed by atoms with van der Waals surface area (Å²) < 4.78 is 0. The normalized spacial score (nSPS) is 15.9. The van der Waals surface area contributed by atoms with Gasteiger partial charge in [0.1, 0.15) is 5.82 Å². The number of hydrogen-bond acceptors (Lipinski definition) is 4. The van der Waals surface area contributed by atoms with Gasteiger partial charge in [-0.1, -0.05) is 71.9 Å². The van der Waals surface area contributed by atoms with Crippen molar-refractivity contribution in [2.24, 2.45) is 0 Å². The number of benzene rings is 2. The Morgan fingerprint density at radius 3 is 2.59 bits per heavy atom. The van der Waals surface area contributed by atoms with Gasteiger partial charge in [-0.25, -0.2) is 4.98 Å². The first-order valence-corrected chi connectivity index (χ1v) is 9.83. The Bertz CT molecular complexity index is 1050. The Kier molecular flexibility index (Phi) is 5.01. The van der Waals surface area contributed by atoms with Crippen LogP contribution in [-0.2, 0) is 10.5 Å². The number of fused-ring (bicyclic) bond motifs is 1. The molecule has 1 aliphatic rings. The highest BCUT2D eigenvalue weighted by Crippen LogP contribution is 2.34. The fourth-order valence-corrected chi connectivity index (χ4v) is 4.30. The maximum atomic E-state index is 12.8. The van der Waals surface area contributed by atoms with Crippen molar-refractivity contribution in [2.45, 2.75) is 23.2 Å². The second kappa shape index (κ2) is 7.58. The number of aromatic nitrogens is 2. The van der Waals surface area contributed by atoms with Gasteiger partial charge >= 0.3 is 0 Å². The van der Waals surface area contributed by atoms with E-state index in [1.165, 1.54) is 11.8 Å². The van der Waals surface area contributed by atoms with Crippen LogP contribution in [0.2, 0.25) is 5.02 Å². The Morgan fingerprint density at radius 2 is 1.81 bits per heavy atom. The zero-order chi connectivity index (χ0) is 18.8. The van der Waals surface area contributed by atoms with Gasteiger partial charge in [0.15, 0.2) is 5.16 Å². The zero-order valence-electron chi connectivity index (χ0n) is 14.2. The summed E-state index contributed by atoms with van der Waals surface area (Å²) in [6.45, 7) is 0. The molecule has 0 saturated heterocycles. The van der Waals surface area contributed by atoms with E-state index >= 15 is 0 Å². The van der Waals surface area contributed by atoms with Crippen molar-refractivity contribution in [3.05, 3.63) is 86.7 Å². The van der Waals surface area contributed by atoms with E-state index in [1.807, 2.05) is 54.6 Å². The number of carbonyl (C=O) groups excluding carboxylic acids is 1. The molecule has 0 saturated carbocycles. The van der Waals surface area contributed by atoms with Crippen molar-refractivity contribution in [1.29, 1.82) is 0 Å². The summed E-state index contributed by atoms with van der Waals surface area (Å²) in [5, 5.41) is 3.86. The molecule has 0 spiro atoms. The van der Waals surface area contributed by atoms with Gasteiger partial charge in [-0.15, -0.1) is 0 Å². The van der Waals surface area contributed by atoms with Crippen molar-refractivity contribution < 1.29 is 4.79 Å². The Balaban J connectivity index is 1.66. The molecule has 1 amide bonds. The summed E-state index contributed by atoms with van der Waals surface area (Å²) >= 11 is 7.55. The molecule has 1 aromatic heterocycles. The lowest BCUT2D eigenvalue weighted by atomic mass is 9.87. The maximum Gasteiger partial charge on any atom is 0.257 e. The molecule has 0 fully saturated rings. The molecule has 1 aliphatic heterocycles. The topological polar surface area (TPSA) is 74.8 Å². The second-order valence-corrected chi connectivity index (χ2v) is 7.60. The first-order valence-electron chi connectivity index (χ1n) is 8.47. The number of halogens is 1. The quantitative estimate of drug-likeness (QED) is 0.511. The van der Waals surface area contributed by atoms with Crippen molar-refractivity contribution in [1.82, 2.24) is 9.97 Å². The molecular formula is C20H16ClN3O2S. The summed E-state index contributed by atoms with van der Waals surface area (Å²) in [6.07, 6.45) is 0.230. The molecule has 1 atom stereocenters. The van der Waals surface area contributed by atoms with Crippen LogP contribution in [0, 0.1) is 0 Å². The summed E-state index contributed by atoms with van der Waals surface area (Å²) in [4.78, 5) is 32.3. The van der Waals surface area contributed by atoms with E-state index in [9.17, 15) is 9.59 Å². The van der Waals surface area contributed by atoms with Crippen LogP contribution in [0.15, 0.2) is 64.5 Å². The van der Waals surface area contributed by atoms with Crippen LogP contribution in [0.4, 0.5) is 5.82 Å². The van der Waals surface area contributed by atoms with Gasteiger partial charge in [0, 0.05) is 23.1 Å². The predicted octanol–water partition coefficient (Wildman–Crippen LogP) is 4.19. The molecule has 2 N–H and O–H groups in total. The lowest BCUT2D eigenvalue weighted by molar-refractivity contribution is -0.116. The Hall–Kier alpha value is -2.57. The smallest absolute Gasteiger partial charge is 0.257 e. The van der Waals surface area contributed by atoms with Crippen LogP contribution < -0.4 is 10.9 Å². The third kappa shape index (κ3) is 3.77. The van der Waals surface area contributed by atoms with E-state index in [0.29, 0.717) is 27.3 Å². The molecule has 2 heterocycles. The van der Waals surface area contributed by atoms with Crippen molar-refractivity contribution in [2.75, 3.05) is 5.32 Å². The van der Waals surface area contributed by atoms with Crippen LogP contribution in [0.25, 0.3) is 0 Å². The molecule has 27 heavy (non-hydrogen) atoms. The van der Waals surface area contributed by atoms with Crippen molar-refractivity contribution in [3.8, 4) is 0 Å². The van der Waals surface area contributed by atoms with E-state index < -0.39 is 0 Å². The molecule has 1 unspecified atom stereocenters. The van der Waals surface area contributed by atoms with Crippen LogP contribution in [0.5, 0.6) is 0 Å². The highest BCUT2D eigenvalue weighted by molar-refractivity contribution is 7.98. The van der Waals surface area contributed by atoms with E-state index in [4.69, 9.17) is 11.6 Å². The number of thioether (sulfide) groups is 1. The molecule has 7 heteroatoms. The molecule has 0 radical (unpaired) electrons. The molecule has 4 rings (SSSR count). The summed E-state index contributed by atoms with van der Waals surface area (Å²) in [5.41, 5.74) is 2.16. The average Bonchev–Trinajstić information content (AvgIpc) is 2.67. The van der Waals surface area contributed by atoms with Gasteiger partial charge in [-0.3, -0.25) is 9.59 Å². The third-order valence-electron chi connectivity index (χ3n) is 4.45. The van der Waals surface area contributed by atoms with E-state index in [2.05, 4.69) is 15.3 Å². The van der Waals surface area contributed by atoms with Crippen LogP contribution >= 0.6 is 23.4 Å². The zero-order valence-corrected chi connectivity index (χ0v) is 15.8. The van der Waals surface area contributed by atoms with Gasteiger partial charge < -0.3 is 10.3 Å². The lowest BCUT2D eigenvalue weighted by Gasteiger charge is -2.24. The number of rotatable bonds is 4. The number of carbonyl (C=O) groups is 1. The Labute approximate surface area is 165 Å². The molecule has 5 nitrogen and oxygen atoms in total. The minimum atomic E-state index is -0.297. The monoisotopic (exact) mass is 397 g/mol. The first kappa shape index (κ1) is 17.8. The van der Waals surface area contributed by atoms with E-state index in [-0.39, 0.29) is 23.8 Å². The number of nitrogens with zero attached hydrogens (tertiary/aromatic N) is 1. The molecule has 2 aromatic carbocycles. The standard InChI is InChI=1S/C20H16ClN3O2S/c21-15-9-5-4-8-13(15)11-27-20-23-18-17(19(26)24-20)14(10-16(25)22-18)12-6-2-1-3-7-12/h1-9,14H,10-11H2,(H2,22,23,24,25,26).